The minimum absolute atomic E-state index is 0.192. The monoisotopic (exact) mass is 546 g/mol. The number of ether oxygens (including phenoxy) is 3. The van der Waals surface area contributed by atoms with E-state index in [4.69, 9.17) is 14.2 Å². The Kier molecular flexibility index (Phi) is 6.07. The maximum atomic E-state index is 5.93. The Morgan fingerprint density at radius 3 is 1.96 bits per heavy atom. The lowest BCUT2D eigenvalue weighted by molar-refractivity contribution is 0.260. The smallest absolute Gasteiger partial charge is 0.147 e. The third-order valence-corrected chi connectivity index (χ3v) is 6.46. The molecule has 1 fully saturated rings. The summed E-state index contributed by atoms with van der Waals surface area (Å²) in [7, 11) is 1.67. The summed E-state index contributed by atoms with van der Waals surface area (Å²) in [6.45, 7) is 7.90. The van der Waals surface area contributed by atoms with Gasteiger partial charge in [-0.2, -0.15) is 0 Å². The number of hydrogen-bond acceptors (Lipinski definition) is 3. The van der Waals surface area contributed by atoms with E-state index in [1.807, 2.05) is 0 Å². The van der Waals surface area contributed by atoms with Crippen LogP contribution in [0.5, 0.6) is 11.5 Å². The van der Waals surface area contributed by atoms with Gasteiger partial charge in [0.1, 0.15) is 24.2 Å². The number of methoxy groups -OCH3 is 1. The summed E-state index contributed by atoms with van der Waals surface area (Å²) in [5.74, 6) is 1.69. The van der Waals surface area contributed by atoms with E-state index in [2.05, 4.69) is 92.8 Å². The first-order valence-corrected chi connectivity index (χ1v) is 10.7. The summed E-state index contributed by atoms with van der Waals surface area (Å²) < 4.78 is 19.4. The molecule has 26 heavy (non-hydrogen) atoms. The molecule has 1 unspecified atom stereocenters. The first-order chi connectivity index (χ1) is 12.2. The Balaban J connectivity index is 1.96. The molecule has 3 nitrogen and oxygen atoms in total. The van der Waals surface area contributed by atoms with Crippen molar-refractivity contribution >= 4 is 47.8 Å². The SMILES string of the molecule is COc1c(Br)cc(C(C)(C)c2cc(C)c(OCC3CO3)c(Br)c2)cc1Br. The highest BCUT2D eigenvalue weighted by Gasteiger charge is 2.28. The Morgan fingerprint density at radius 2 is 1.50 bits per heavy atom. The second kappa shape index (κ2) is 7.82. The van der Waals surface area contributed by atoms with E-state index in [0.717, 1.165) is 37.1 Å². The molecule has 2 aromatic rings. The van der Waals surface area contributed by atoms with Gasteiger partial charge in [0.15, 0.2) is 0 Å². The van der Waals surface area contributed by atoms with E-state index in [9.17, 15) is 0 Å². The average molecular weight is 549 g/mol. The molecule has 0 bridgehead atoms. The van der Waals surface area contributed by atoms with Crippen molar-refractivity contribution in [2.45, 2.75) is 32.3 Å². The number of hydrogen-bond donors (Lipinski definition) is 0. The van der Waals surface area contributed by atoms with Crippen molar-refractivity contribution in [3.8, 4) is 11.5 Å². The van der Waals surface area contributed by atoms with Crippen molar-refractivity contribution in [2.75, 3.05) is 20.3 Å². The molecule has 1 aliphatic rings. The molecule has 1 saturated heterocycles. The average Bonchev–Trinajstić information content (AvgIpc) is 3.37. The first kappa shape index (κ1) is 20.2. The van der Waals surface area contributed by atoms with E-state index in [-0.39, 0.29) is 11.5 Å². The molecule has 140 valence electrons. The van der Waals surface area contributed by atoms with Gasteiger partial charge in [-0.1, -0.05) is 19.9 Å². The van der Waals surface area contributed by atoms with Crippen LogP contribution in [0.25, 0.3) is 0 Å². The van der Waals surface area contributed by atoms with Gasteiger partial charge in [0.25, 0.3) is 0 Å². The van der Waals surface area contributed by atoms with E-state index in [1.54, 1.807) is 7.11 Å². The highest BCUT2D eigenvalue weighted by molar-refractivity contribution is 9.11. The summed E-state index contributed by atoms with van der Waals surface area (Å²) in [6.07, 6.45) is 0.242. The summed E-state index contributed by atoms with van der Waals surface area (Å²) in [6, 6.07) is 8.56. The molecule has 0 saturated carbocycles. The Hall–Kier alpha value is -0.560. The van der Waals surface area contributed by atoms with Crippen LogP contribution in [0.4, 0.5) is 0 Å². The maximum absolute atomic E-state index is 5.93. The van der Waals surface area contributed by atoms with Crippen molar-refractivity contribution in [2.24, 2.45) is 0 Å². The largest absolute Gasteiger partial charge is 0.494 e. The molecule has 1 aliphatic heterocycles. The Morgan fingerprint density at radius 1 is 1.00 bits per heavy atom. The molecule has 0 aromatic heterocycles. The zero-order chi connectivity index (χ0) is 19.1. The second-order valence-electron chi connectivity index (χ2n) is 6.97. The molecule has 0 radical (unpaired) electrons. The Labute approximate surface area is 179 Å². The third-order valence-electron chi connectivity index (χ3n) is 4.69. The van der Waals surface area contributed by atoms with Crippen molar-refractivity contribution in [3.63, 3.8) is 0 Å². The number of benzene rings is 2. The van der Waals surface area contributed by atoms with Crippen LogP contribution in [0.15, 0.2) is 37.7 Å². The molecule has 0 amide bonds. The van der Waals surface area contributed by atoms with Gasteiger partial charge in [-0.05, 0) is 89.6 Å². The minimum Gasteiger partial charge on any atom is -0.494 e. The van der Waals surface area contributed by atoms with Crippen LogP contribution >= 0.6 is 47.8 Å². The fourth-order valence-corrected chi connectivity index (χ4v) is 5.08. The summed E-state index contributed by atoms with van der Waals surface area (Å²) >= 11 is 10.9. The molecule has 0 N–H and O–H groups in total. The number of aryl methyl sites for hydroxylation is 1. The molecule has 2 aromatic carbocycles. The van der Waals surface area contributed by atoms with Gasteiger partial charge in [0.05, 0.1) is 27.1 Å². The predicted molar refractivity (Wildman–Crippen MR) is 115 cm³/mol. The summed E-state index contributed by atoms with van der Waals surface area (Å²) in [5, 5.41) is 0. The van der Waals surface area contributed by atoms with Crippen LogP contribution in [0.2, 0.25) is 0 Å². The zero-order valence-corrected chi connectivity index (χ0v) is 19.9. The van der Waals surface area contributed by atoms with Crippen molar-refractivity contribution in [1.82, 2.24) is 0 Å². The fraction of sp³-hybridized carbons (Fsp3) is 0.400. The molecular weight excluding hydrogens is 528 g/mol. The fourth-order valence-electron chi connectivity index (χ4n) is 2.90. The molecule has 0 aliphatic carbocycles. The Bertz CT molecular complexity index is 783. The molecule has 6 heteroatoms. The van der Waals surface area contributed by atoms with Gasteiger partial charge in [-0.15, -0.1) is 0 Å². The second-order valence-corrected chi connectivity index (χ2v) is 9.53. The van der Waals surface area contributed by atoms with E-state index < -0.39 is 0 Å². The van der Waals surface area contributed by atoms with Crippen LogP contribution in [0.3, 0.4) is 0 Å². The maximum Gasteiger partial charge on any atom is 0.147 e. The van der Waals surface area contributed by atoms with Gasteiger partial charge in [0, 0.05) is 5.41 Å². The third kappa shape index (κ3) is 4.13. The molecule has 1 heterocycles. The number of rotatable bonds is 6. The quantitative estimate of drug-likeness (QED) is 0.392. The summed E-state index contributed by atoms with van der Waals surface area (Å²) in [4.78, 5) is 0. The lowest BCUT2D eigenvalue weighted by Crippen LogP contribution is -2.20. The molecule has 0 spiro atoms. The van der Waals surface area contributed by atoms with Gasteiger partial charge < -0.3 is 14.2 Å². The van der Waals surface area contributed by atoms with Crippen LogP contribution in [0, 0.1) is 6.92 Å². The number of halogens is 3. The minimum atomic E-state index is -0.192. The van der Waals surface area contributed by atoms with Crippen LogP contribution in [-0.4, -0.2) is 26.4 Å². The normalized spacial score (nSPS) is 16.5. The lowest BCUT2D eigenvalue weighted by atomic mass is 9.77. The first-order valence-electron chi connectivity index (χ1n) is 8.32. The van der Waals surface area contributed by atoms with Crippen LogP contribution in [-0.2, 0) is 10.2 Å². The highest BCUT2D eigenvalue weighted by atomic mass is 79.9. The highest BCUT2D eigenvalue weighted by Crippen LogP contribution is 2.42. The molecule has 1 atom stereocenters. The van der Waals surface area contributed by atoms with Crippen LogP contribution in [0.1, 0.15) is 30.5 Å². The van der Waals surface area contributed by atoms with E-state index in [0.29, 0.717) is 6.61 Å². The van der Waals surface area contributed by atoms with Crippen molar-refractivity contribution < 1.29 is 14.2 Å². The predicted octanol–water partition coefficient (Wildman–Crippen LogP) is 6.39. The van der Waals surface area contributed by atoms with Crippen molar-refractivity contribution in [1.29, 1.82) is 0 Å². The van der Waals surface area contributed by atoms with Gasteiger partial charge in [-0.25, -0.2) is 0 Å². The molecule has 3 rings (SSSR count). The number of epoxide rings is 1. The zero-order valence-electron chi connectivity index (χ0n) is 15.2. The summed E-state index contributed by atoms with van der Waals surface area (Å²) in [5.41, 5.74) is 3.31. The topological polar surface area (TPSA) is 31.0 Å². The standard InChI is InChI=1S/C20H21Br3O3/c1-11-5-12(6-15(21)18(11)26-10-14-9-25-14)20(2,3)13-7-16(22)19(24-4)17(23)8-13/h5-8,14H,9-10H2,1-4H3. The van der Waals surface area contributed by atoms with E-state index >= 15 is 0 Å². The van der Waals surface area contributed by atoms with Crippen molar-refractivity contribution in [3.05, 3.63) is 54.4 Å². The lowest BCUT2D eigenvalue weighted by Gasteiger charge is -2.28. The van der Waals surface area contributed by atoms with Crippen LogP contribution < -0.4 is 9.47 Å². The van der Waals surface area contributed by atoms with Gasteiger partial charge in [-0.3, -0.25) is 0 Å². The van der Waals surface area contributed by atoms with E-state index in [1.165, 1.54) is 11.1 Å². The van der Waals surface area contributed by atoms with Gasteiger partial charge >= 0.3 is 0 Å². The molecular formula is C20H21Br3O3. The van der Waals surface area contributed by atoms with Gasteiger partial charge in [0.2, 0.25) is 0 Å².